The maximum Gasteiger partial charge on any atom is 0.229 e. The first-order valence-electron chi connectivity index (χ1n) is 10.1. The minimum Gasteiger partial charge on any atom is -0.497 e. The van der Waals surface area contributed by atoms with Gasteiger partial charge in [-0.3, -0.25) is 4.79 Å². The first-order chi connectivity index (χ1) is 15.9. The topological polar surface area (TPSA) is 148 Å². The van der Waals surface area contributed by atoms with Crippen LogP contribution >= 0.6 is 0 Å². The zero-order valence-corrected chi connectivity index (χ0v) is 17.9. The van der Waals surface area contributed by atoms with Crippen LogP contribution < -0.4 is 19.6 Å². The summed E-state index contributed by atoms with van der Waals surface area (Å²) in [6.45, 7) is -0.595. The average molecular weight is 460 g/mol. The van der Waals surface area contributed by atoms with E-state index >= 15 is 0 Å². The van der Waals surface area contributed by atoms with Crippen molar-refractivity contribution in [2.45, 2.75) is 30.7 Å². The van der Waals surface area contributed by atoms with Crippen LogP contribution in [0.4, 0.5) is 0 Å². The Hall–Kier alpha value is -3.15. The number of aliphatic hydroxyl groups excluding tert-OH is 4. The molecule has 1 saturated heterocycles. The second-order valence-corrected chi connectivity index (χ2v) is 7.50. The lowest BCUT2D eigenvalue weighted by atomic mass is 9.99. The largest absolute Gasteiger partial charge is 0.497 e. The maximum atomic E-state index is 13.1. The van der Waals surface area contributed by atoms with E-state index in [0.717, 1.165) is 0 Å². The Morgan fingerprint density at radius 1 is 0.939 bits per heavy atom. The number of ether oxygens (including phenoxy) is 4. The molecule has 0 radical (unpaired) electrons. The zero-order valence-electron chi connectivity index (χ0n) is 17.9. The number of hydrogen-bond donors (Lipinski definition) is 4. The third kappa shape index (κ3) is 4.14. The molecule has 0 aliphatic carbocycles. The van der Waals surface area contributed by atoms with Crippen molar-refractivity contribution in [3.8, 4) is 28.4 Å². The summed E-state index contributed by atoms with van der Waals surface area (Å²) < 4.78 is 27.3. The van der Waals surface area contributed by atoms with Gasteiger partial charge in [-0.2, -0.15) is 0 Å². The molecule has 1 aliphatic rings. The molecule has 1 aliphatic heterocycles. The molecule has 1 fully saturated rings. The van der Waals surface area contributed by atoms with Gasteiger partial charge in [0.25, 0.3) is 0 Å². The summed E-state index contributed by atoms with van der Waals surface area (Å²) in [6.07, 6.45) is -5.96. The van der Waals surface area contributed by atoms with Crippen molar-refractivity contribution in [3.05, 3.63) is 52.9 Å². The van der Waals surface area contributed by atoms with Gasteiger partial charge in [-0.05, 0) is 29.8 Å². The summed E-state index contributed by atoms with van der Waals surface area (Å²) in [7, 11) is 2.90. The molecule has 0 spiro atoms. The number of aliphatic hydroxyl groups is 4. The van der Waals surface area contributed by atoms with Gasteiger partial charge < -0.3 is 43.8 Å². The Kier molecular flexibility index (Phi) is 6.54. The molecule has 4 N–H and O–H groups in total. The van der Waals surface area contributed by atoms with E-state index < -0.39 is 37.3 Å². The monoisotopic (exact) mass is 460 g/mol. The molecule has 0 unspecified atom stereocenters. The molecule has 2 heterocycles. The second-order valence-electron chi connectivity index (χ2n) is 7.50. The molecule has 2 aromatic carbocycles. The first kappa shape index (κ1) is 23.0. The molecule has 0 amide bonds. The standard InChI is InChI=1S/C23H24O10/c1-29-12-5-3-11(4-6-12)14-10-31-21-13(17(14)25)7-8-15(22(21)30-2)32-23-20(28)19(27)18(26)16(9-24)33-23/h3-8,10,16,18-20,23-24,26-28H,9H2,1-2H3/t16-,18-,19+,20-,23-/m1/s1. The van der Waals surface area contributed by atoms with Gasteiger partial charge in [0, 0.05) is 0 Å². The van der Waals surface area contributed by atoms with Crippen molar-refractivity contribution >= 4 is 11.0 Å². The molecule has 10 heteroatoms. The van der Waals surface area contributed by atoms with Crippen LogP contribution in [0.2, 0.25) is 0 Å². The minimum absolute atomic E-state index is 0.0645. The smallest absolute Gasteiger partial charge is 0.229 e. The summed E-state index contributed by atoms with van der Waals surface area (Å²) >= 11 is 0. The van der Waals surface area contributed by atoms with Crippen LogP contribution in [0.5, 0.6) is 17.2 Å². The summed E-state index contributed by atoms with van der Waals surface area (Å²) in [5.41, 5.74) is 0.808. The van der Waals surface area contributed by atoms with E-state index in [-0.39, 0.29) is 27.9 Å². The molecule has 0 bridgehead atoms. The van der Waals surface area contributed by atoms with Crippen molar-refractivity contribution in [2.24, 2.45) is 0 Å². The molecule has 5 atom stereocenters. The van der Waals surface area contributed by atoms with E-state index in [1.165, 1.54) is 25.5 Å². The molecule has 10 nitrogen and oxygen atoms in total. The quantitative estimate of drug-likeness (QED) is 0.413. The van der Waals surface area contributed by atoms with Crippen molar-refractivity contribution in [2.75, 3.05) is 20.8 Å². The average Bonchev–Trinajstić information content (AvgIpc) is 2.84. The van der Waals surface area contributed by atoms with E-state index in [9.17, 15) is 25.2 Å². The fourth-order valence-corrected chi connectivity index (χ4v) is 3.70. The van der Waals surface area contributed by atoms with Gasteiger partial charge in [-0.25, -0.2) is 0 Å². The highest BCUT2D eigenvalue weighted by molar-refractivity contribution is 5.88. The van der Waals surface area contributed by atoms with Gasteiger partial charge in [-0.1, -0.05) is 12.1 Å². The van der Waals surface area contributed by atoms with Crippen LogP contribution in [0.25, 0.3) is 22.1 Å². The van der Waals surface area contributed by atoms with Crippen molar-refractivity contribution in [1.82, 2.24) is 0 Å². The molecule has 176 valence electrons. The fourth-order valence-electron chi connectivity index (χ4n) is 3.70. The predicted molar refractivity (Wildman–Crippen MR) is 115 cm³/mol. The normalized spacial score (nSPS) is 25.1. The van der Waals surface area contributed by atoms with Gasteiger partial charge in [0.2, 0.25) is 17.5 Å². The Labute approximate surface area is 188 Å². The van der Waals surface area contributed by atoms with Crippen LogP contribution in [0, 0.1) is 0 Å². The highest BCUT2D eigenvalue weighted by atomic mass is 16.7. The predicted octanol–water partition coefficient (Wildman–Crippen LogP) is 0.656. The second kappa shape index (κ2) is 9.38. The maximum absolute atomic E-state index is 13.1. The lowest BCUT2D eigenvalue weighted by Gasteiger charge is -2.39. The Bertz CT molecular complexity index is 1170. The van der Waals surface area contributed by atoms with Gasteiger partial charge in [0.15, 0.2) is 11.3 Å². The van der Waals surface area contributed by atoms with E-state index in [2.05, 4.69) is 0 Å². The van der Waals surface area contributed by atoms with Gasteiger partial charge in [0.1, 0.15) is 36.4 Å². The lowest BCUT2D eigenvalue weighted by Crippen LogP contribution is -2.60. The molecular formula is C23H24O10. The molecule has 0 saturated carbocycles. The molecular weight excluding hydrogens is 436 g/mol. The summed E-state index contributed by atoms with van der Waals surface area (Å²) in [4.78, 5) is 13.1. The van der Waals surface area contributed by atoms with E-state index in [1.807, 2.05) is 0 Å². The highest BCUT2D eigenvalue weighted by Crippen LogP contribution is 2.37. The fraction of sp³-hybridized carbons (Fsp3) is 0.348. The number of fused-ring (bicyclic) bond motifs is 1. The van der Waals surface area contributed by atoms with Crippen LogP contribution in [0.1, 0.15) is 0 Å². The molecule has 33 heavy (non-hydrogen) atoms. The third-order valence-electron chi connectivity index (χ3n) is 5.56. The molecule has 1 aromatic heterocycles. The summed E-state index contributed by atoms with van der Waals surface area (Å²) in [5.74, 6) is 0.790. The Balaban J connectivity index is 1.70. The van der Waals surface area contributed by atoms with Gasteiger partial charge in [0.05, 0.1) is 31.8 Å². The first-order valence-corrected chi connectivity index (χ1v) is 10.1. The number of methoxy groups -OCH3 is 2. The van der Waals surface area contributed by atoms with Crippen LogP contribution in [-0.2, 0) is 4.74 Å². The van der Waals surface area contributed by atoms with Crippen molar-refractivity contribution in [3.63, 3.8) is 0 Å². The van der Waals surface area contributed by atoms with Gasteiger partial charge in [-0.15, -0.1) is 0 Å². The minimum atomic E-state index is -1.60. The third-order valence-corrected chi connectivity index (χ3v) is 5.56. The van der Waals surface area contributed by atoms with E-state index in [0.29, 0.717) is 16.9 Å². The molecule has 3 aromatic rings. The molecule has 4 rings (SSSR count). The van der Waals surface area contributed by atoms with Gasteiger partial charge >= 0.3 is 0 Å². The van der Waals surface area contributed by atoms with Crippen LogP contribution in [0.15, 0.2) is 51.9 Å². The summed E-state index contributed by atoms with van der Waals surface area (Å²) in [6, 6.07) is 9.87. The van der Waals surface area contributed by atoms with Crippen molar-refractivity contribution < 1.29 is 43.8 Å². The Morgan fingerprint density at radius 3 is 2.30 bits per heavy atom. The highest BCUT2D eigenvalue weighted by Gasteiger charge is 2.45. The van der Waals surface area contributed by atoms with Crippen LogP contribution in [-0.4, -0.2) is 72.0 Å². The number of rotatable bonds is 6. The van der Waals surface area contributed by atoms with Crippen molar-refractivity contribution in [1.29, 1.82) is 0 Å². The van der Waals surface area contributed by atoms with Crippen LogP contribution in [0.3, 0.4) is 0 Å². The SMILES string of the molecule is COc1ccc(-c2coc3c(OC)c(O[C@@H]4O[C@H](CO)[C@@H](O)[C@H](O)[C@H]4O)ccc3c2=O)cc1. The lowest BCUT2D eigenvalue weighted by molar-refractivity contribution is -0.277. The Morgan fingerprint density at radius 2 is 1.67 bits per heavy atom. The van der Waals surface area contributed by atoms with E-state index in [4.69, 9.17) is 23.4 Å². The van der Waals surface area contributed by atoms with E-state index in [1.54, 1.807) is 31.4 Å². The summed E-state index contributed by atoms with van der Waals surface area (Å²) in [5, 5.41) is 39.7. The number of hydrogen-bond acceptors (Lipinski definition) is 10. The zero-order chi connectivity index (χ0) is 23.7. The number of benzene rings is 2.